The van der Waals surface area contributed by atoms with Crippen LogP contribution >= 0.6 is 11.6 Å². The van der Waals surface area contributed by atoms with Gasteiger partial charge in [0.25, 0.3) is 11.1 Å². The van der Waals surface area contributed by atoms with Gasteiger partial charge in [-0.2, -0.15) is 0 Å². The maximum absolute atomic E-state index is 12.5. The molecule has 4 aromatic carbocycles. The minimum absolute atomic E-state index is 0.103. The van der Waals surface area contributed by atoms with Crippen molar-refractivity contribution >= 4 is 28.4 Å². The fraction of sp³-hybridized carbons (Fsp3) is 0.235. The Labute approximate surface area is 241 Å². The van der Waals surface area contributed by atoms with E-state index in [0.717, 1.165) is 59.6 Å². The number of aryl methyl sites for hydroxylation is 2. The quantitative estimate of drug-likeness (QED) is 0.247. The second-order valence-corrected chi connectivity index (χ2v) is 10.5. The zero-order chi connectivity index (χ0) is 28.5. The zero-order valence-corrected chi connectivity index (χ0v) is 23.9. The monoisotopic (exact) mass is 554 g/mol. The van der Waals surface area contributed by atoms with Gasteiger partial charge in [-0.15, -0.1) is 0 Å². The number of hydrogen-bond acceptors (Lipinski definition) is 4. The highest BCUT2D eigenvalue weighted by Crippen LogP contribution is 2.26. The minimum Gasteiger partial charge on any atom is -0.490 e. The molecule has 0 atom stereocenters. The lowest BCUT2D eigenvalue weighted by atomic mass is 10.0. The number of likely N-dealkylation sites (tertiary alicyclic amines) is 1. The molecule has 0 unspecified atom stereocenters. The molecular weight excluding hydrogens is 520 g/mol. The molecule has 0 aromatic heterocycles. The third-order valence-electron chi connectivity index (χ3n) is 6.87. The van der Waals surface area contributed by atoms with Gasteiger partial charge < -0.3 is 15.0 Å². The molecule has 1 heterocycles. The van der Waals surface area contributed by atoms with Crippen LogP contribution in [0.15, 0.2) is 97.1 Å². The van der Waals surface area contributed by atoms with E-state index >= 15 is 0 Å². The van der Waals surface area contributed by atoms with Gasteiger partial charge in [0.15, 0.2) is 0 Å². The van der Waals surface area contributed by atoms with Crippen LogP contribution in [0.4, 0.5) is 5.69 Å². The van der Waals surface area contributed by atoms with Crippen LogP contribution < -0.4 is 10.1 Å². The molecule has 0 spiro atoms. The summed E-state index contributed by atoms with van der Waals surface area (Å²) in [4.78, 5) is 25.4. The average Bonchev–Trinajstić information content (AvgIpc) is 2.96. The number of hydrogen-bond donors (Lipinski definition) is 1. The molecule has 40 heavy (non-hydrogen) atoms. The van der Waals surface area contributed by atoms with E-state index in [1.54, 1.807) is 12.1 Å². The molecule has 6 heteroatoms. The van der Waals surface area contributed by atoms with Crippen LogP contribution in [-0.4, -0.2) is 42.3 Å². The predicted octanol–water partition coefficient (Wildman–Crippen LogP) is 7.76. The molecular formula is C34H35ClN2O3. The normalized spacial score (nSPS) is 13.6. The Balaban J connectivity index is 0.000000312. The Bertz CT molecular complexity index is 1410. The summed E-state index contributed by atoms with van der Waals surface area (Å²) in [5.74, 6) is 0.811. The molecule has 1 saturated heterocycles. The highest BCUT2D eigenvalue weighted by molar-refractivity contribution is 6.67. The van der Waals surface area contributed by atoms with Crippen LogP contribution in [0.25, 0.3) is 11.1 Å². The standard InChI is InChI=1S/C26H28N2O2.C8H7ClO/c1-19-6-8-21(9-7-19)26(29)27-23-5-3-4-22(18-23)20-10-12-24(13-11-20)30-25-14-16-28(2)17-15-25;1-6-2-4-7(5-3-6)8(9)10/h3-13,18,25H,14-17H2,1-2H3,(H,27,29);2-5H,1H3. The molecule has 1 fully saturated rings. The van der Waals surface area contributed by atoms with Crippen molar-refractivity contribution in [1.29, 1.82) is 0 Å². The van der Waals surface area contributed by atoms with Crippen molar-refractivity contribution < 1.29 is 14.3 Å². The van der Waals surface area contributed by atoms with E-state index < -0.39 is 5.24 Å². The number of halogens is 1. The largest absolute Gasteiger partial charge is 0.490 e. The van der Waals surface area contributed by atoms with Crippen molar-refractivity contribution in [3.05, 3.63) is 119 Å². The van der Waals surface area contributed by atoms with Crippen molar-refractivity contribution in [2.45, 2.75) is 32.8 Å². The summed E-state index contributed by atoms with van der Waals surface area (Å²) < 4.78 is 6.14. The Kier molecular flexibility index (Phi) is 10.1. The molecule has 1 N–H and O–H groups in total. The van der Waals surface area contributed by atoms with Crippen molar-refractivity contribution in [1.82, 2.24) is 4.90 Å². The lowest BCUT2D eigenvalue weighted by Crippen LogP contribution is -2.35. The Hall–Kier alpha value is -3.93. The van der Waals surface area contributed by atoms with Crippen LogP contribution in [0.2, 0.25) is 0 Å². The van der Waals surface area contributed by atoms with Crippen LogP contribution in [-0.2, 0) is 0 Å². The summed E-state index contributed by atoms with van der Waals surface area (Å²) in [6, 6.07) is 30.9. The number of nitrogens with one attached hydrogen (secondary N) is 1. The van der Waals surface area contributed by atoms with Crippen LogP contribution in [0, 0.1) is 13.8 Å². The number of carbonyl (C=O) groups excluding carboxylic acids is 2. The van der Waals surface area contributed by atoms with E-state index in [1.807, 2.05) is 86.6 Å². The Morgan fingerprint density at radius 1 is 0.775 bits per heavy atom. The van der Waals surface area contributed by atoms with Gasteiger partial charge in [-0.05, 0) is 105 Å². The van der Waals surface area contributed by atoms with E-state index in [0.29, 0.717) is 17.2 Å². The number of nitrogens with zero attached hydrogens (tertiary/aromatic N) is 1. The van der Waals surface area contributed by atoms with E-state index in [9.17, 15) is 9.59 Å². The van der Waals surface area contributed by atoms with E-state index in [2.05, 4.69) is 29.4 Å². The van der Waals surface area contributed by atoms with E-state index in [4.69, 9.17) is 16.3 Å². The van der Waals surface area contributed by atoms with Gasteiger partial charge in [0, 0.05) is 29.9 Å². The number of benzene rings is 4. The van der Waals surface area contributed by atoms with Gasteiger partial charge in [-0.25, -0.2) is 0 Å². The third-order valence-corrected chi connectivity index (χ3v) is 7.09. The van der Waals surface area contributed by atoms with Crippen molar-refractivity contribution in [3.8, 4) is 16.9 Å². The fourth-order valence-corrected chi connectivity index (χ4v) is 4.52. The van der Waals surface area contributed by atoms with Crippen LogP contribution in [0.1, 0.15) is 44.7 Å². The summed E-state index contributed by atoms with van der Waals surface area (Å²) >= 11 is 5.22. The summed E-state index contributed by atoms with van der Waals surface area (Å²) in [5, 5.41) is 2.59. The van der Waals surface area contributed by atoms with Crippen molar-refractivity contribution in [2.75, 3.05) is 25.5 Å². The maximum Gasteiger partial charge on any atom is 0.255 e. The number of anilines is 1. The minimum atomic E-state index is -0.403. The molecule has 4 aromatic rings. The van der Waals surface area contributed by atoms with Gasteiger partial charge >= 0.3 is 0 Å². The number of amides is 1. The summed E-state index contributed by atoms with van der Waals surface area (Å²) in [7, 11) is 2.16. The highest BCUT2D eigenvalue weighted by atomic mass is 35.5. The summed E-state index contributed by atoms with van der Waals surface area (Å²) in [6.07, 6.45) is 2.44. The van der Waals surface area contributed by atoms with Gasteiger partial charge in [0.2, 0.25) is 0 Å². The molecule has 5 nitrogen and oxygen atoms in total. The van der Waals surface area contributed by atoms with E-state index in [1.165, 1.54) is 0 Å². The molecule has 5 rings (SSSR count). The SMILES string of the molecule is Cc1ccc(C(=O)Cl)cc1.Cc1ccc(C(=O)Nc2cccc(-c3ccc(OC4CCN(C)CC4)cc3)c2)cc1. The molecule has 1 aliphatic rings. The van der Waals surface area contributed by atoms with Gasteiger partial charge in [-0.1, -0.05) is 59.7 Å². The maximum atomic E-state index is 12.5. The third kappa shape index (κ3) is 8.54. The molecule has 206 valence electrons. The fourth-order valence-electron chi connectivity index (χ4n) is 4.39. The number of rotatable bonds is 6. The lowest BCUT2D eigenvalue weighted by molar-refractivity contribution is 0.102. The van der Waals surface area contributed by atoms with E-state index in [-0.39, 0.29) is 5.91 Å². The smallest absolute Gasteiger partial charge is 0.255 e. The Morgan fingerprint density at radius 2 is 1.35 bits per heavy atom. The molecule has 1 aliphatic heterocycles. The second-order valence-electron chi connectivity index (χ2n) is 10.2. The van der Waals surface area contributed by atoms with Crippen LogP contribution in [0.3, 0.4) is 0 Å². The lowest BCUT2D eigenvalue weighted by Gasteiger charge is -2.29. The van der Waals surface area contributed by atoms with Gasteiger partial charge in [-0.3, -0.25) is 9.59 Å². The van der Waals surface area contributed by atoms with Crippen molar-refractivity contribution in [3.63, 3.8) is 0 Å². The molecule has 0 saturated carbocycles. The summed E-state index contributed by atoms with van der Waals surface area (Å²) in [5.41, 5.74) is 6.40. The first-order valence-electron chi connectivity index (χ1n) is 13.5. The first-order valence-corrected chi connectivity index (χ1v) is 13.8. The summed E-state index contributed by atoms with van der Waals surface area (Å²) in [6.45, 7) is 6.14. The first-order chi connectivity index (χ1) is 19.3. The van der Waals surface area contributed by atoms with Gasteiger partial charge in [0.05, 0.1) is 0 Å². The van der Waals surface area contributed by atoms with Gasteiger partial charge in [0.1, 0.15) is 11.9 Å². The van der Waals surface area contributed by atoms with Crippen molar-refractivity contribution in [2.24, 2.45) is 0 Å². The molecule has 1 amide bonds. The second kappa shape index (κ2) is 13.9. The molecule has 0 radical (unpaired) electrons. The molecule has 0 bridgehead atoms. The number of piperidine rings is 1. The van der Waals surface area contributed by atoms with Crippen LogP contribution in [0.5, 0.6) is 5.75 Å². The predicted molar refractivity (Wildman–Crippen MR) is 164 cm³/mol. The number of ether oxygens (including phenoxy) is 1. The Morgan fingerprint density at radius 3 is 1.93 bits per heavy atom. The average molecular weight is 555 g/mol. The topological polar surface area (TPSA) is 58.6 Å². The highest BCUT2D eigenvalue weighted by Gasteiger charge is 2.18. The first kappa shape index (κ1) is 29.1. The number of carbonyl (C=O) groups is 2. The zero-order valence-electron chi connectivity index (χ0n) is 23.2. The molecule has 0 aliphatic carbocycles.